The van der Waals surface area contributed by atoms with Crippen molar-refractivity contribution < 1.29 is 19.4 Å². The molecule has 17 heavy (non-hydrogen) atoms. The molecule has 0 radical (unpaired) electrons. The van der Waals surface area contributed by atoms with Crippen LogP contribution in [0.15, 0.2) is 30.3 Å². The maximum absolute atomic E-state index is 11.2. The second-order valence-electron chi connectivity index (χ2n) is 3.93. The Balaban J connectivity index is 2.63. The van der Waals surface area contributed by atoms with Gasteiger partial charge in [0.05, 0.1) is 7.11 Å². The Morgan fingerprint density at radius 3 is 2.41 bits per heavy atom. The van der Waals surface area contributed by atoms with Gasteiger partial charge < -0.3 is 9.84 Å². The van der Waals surface area contributed by atoms with Gasteiger partial charge in [0.2, 0.25) is 0 Å². The quantitative estimate of drug-likeness (QED) is 0.766. The van der Waals surface area contributed by atoms with Crippen molar-refractivity contribution in [1.29, 1.82) is 0 Å². The lowest BCUT2D eigenvalue weighted by Crippen LogP contribution is -2.16. The van der Waals surface area contributed by atoms with Gasteiger partial charge in [0.15, 0.2) is 0 Å². The standard InChI is InChI=1S/C13H16O4/c1-17-13(16)9-11(8-12(14)15)7-10-5-3-2-4-6-10/h2-6,11H,7-9H2,1H3,(H,14,15). The minimum absolute atomic E-state index is 0.0238. The first-order valence-corrected chi connectivity index (χ1v) is 5.44. The molecule has 0 saturated heterocycles. The van der Waals surface area contributed by atoms with Crippen molar-refractivity contribution in [3.63, 3.8) is 0 Å². The van der Waals surface area contributed by atoms with E-state index in [1.807, 2.05) is 30.3 Å². The van der Waals surface area contributed by atoms with E-state index in [1.54, 1.807) is 0 Å². The van der Waals surface area contributed by atoms with E-state index in [-0.39, 0.29) is 24.7 Å². The van der Waals surface area contributed by atoms with Crippen LogP contribution in [0.2, 0.25) is 0 Å². The van der Waals surface area contributed by atoms with Crippen LogP contribution in [0.25, 0.3) is 0 Å². The number of esters is 1. The molecule has 0 saturated carbocycles. The SMILES string of the molecule is COC(=O)CC(CC(=O)O)Cc1ccccc1. The summed E-state index contributed by atoms with van der Waals surface area (Å²) < 4.78 is 4.57. The molecule has 1 aromatic carbocycles. The summed E-state index contributed by atoms with van der Waals surface area (Å²) in [6, 6.07) is 9.53. The molecule has 1 rings (SSSR count). The van der Waals surface area contributed by atoms with Crippen LogP contribution in [-0.4, -0.2) is 24.2 Å². The van der Waals surface area contributed by atoms with Crippen molar-refractivity contribution in [2.75, 3.05) is 7.11 Å². The summed E-state index contributed by atoms with van der Waals surface area (Å²) >= 11 is 0. The molecule has 1 unspecified atom stereocenters. The summed E-state index contributed by atoms with van der Waals surface area (Å²) in [5.41, 5.74) is 1.03. The number of carboxylic acid groups (broad SMARTS) is 1. The Morgan fingerprint density at radius 2 is 1.88 bits per heavy atom. The van der Waals surface area contributed by atoms with Crippen LogP contribution >= 0.6 is 0 Å². The largest absolute Gasteiger partial charge is 0.481 e. The number of benzene rings is 1. The molecule has 4 nitrogen and oxygen atoms in total. The molecule has 0 aromatic heterocycles. The molecule has 0 spiro atoms. The van der Waals surface area contributed by atoms with Crippen LogP contribution in [0.5, 0.6) is 0 Å². The van der Waals surface area contributed by atoms with Crippen LogP contribution in [0.4, 0.5) is 0 Å². The van der Waals surface area contributed by atoms with E-state index in [9.17, 15) is 9.59 Å². The van der Waals surface area contributed by atoms with Crippen molar-refractivity contribution in [1.82, 2.24) is 0 Å². The Hall–Kier alpha value is -1.84. The second kappa shape index (κ2) is 6.68. The third-order valence-electron chi connectivity index (χ3n) is 2.51. The normalized spacial score (nSPS) is 11.8. The van der Waals surface area contributed by atoms with Crippen LogP contribution in [0.1, 0.15) is 18.4 Å². The molecule has 0 bridgehead atoms. The van der Waals surface area contributed by atoms with Crippen LogP contribution in [-0.2, 0) is 20.7 Å². The molecule has 92 valence electrons. The van der Waals surface area contributed by atoms with E-state index < -0.39 is 5.97 Å². The van der Waals surface area contributed by atoms with E-state index in [0.29, 0.717) is 6.42 Å². The fraction of sp³-hybridized carbons (Fsp3) is 0.385. The van der Waals surface area contributed by atoms with Gasteiger partial charge in [0.25, 0.3) is 0 Å². The van der Waals surface area contributed by atoms with Gasteiger partial charge in [-0.05, 0) is 17.9 Å². The van der Waals surface area contributed by atoms with E-state index in [0.717, 1.165) is 5.56 Å². The van der Waals surface area contributed by atoms with Crippen molar-refractivity contribution in [3.8, 4) is 0 Å². The van der Waals surface area contributed by atoms with Gasteiger partial charge >= 0.3 is 11.9 Å². The summed E-state index contributed by atoms with van der Waals surface area (Å²) in [6.45, 7) is 0. The molecule has 1 aromatic rings. The number of hydrogen-bond acceptors (Lipinski definition) is 3. The number of carboxylic acids is 1. The van der Waals surface area contributed by atoms with E-state index in [2.05, 4.69) is 4.74 Å². The van der Waals surface area contributed by atoms with Crippen LogP contribution < -0.4 is 0 Å². The van der Waals surface area contributed by atoms with E-state index >= 15 is 0 Å². The molecule has 1 atom stereocenters. The van der Waals surface area contributed by atoms with E-state index in [4.69, 9.17) is 5.11 Å². The first kappa shape index (κ1) is 13.2. The molecule has 0 aliphatic heterocycles. The van der Waals surface area contributed by atoms with Gasteiger partial charge in [0.1, 0.15) is 0 Å². The molecule has 0 aliphatic carbocycles. The molecule has 0 heterocycles. The highest BCUT2D eigenvalue weighted by Gasteiger charge is 2.18. The highest BCUT2D eigenvalue weighted by molar-refractivity contribution is 5.72. The highest BCUT2D eigenvalue weighted by Crippen LogP contribution is 2.16. The summed E-state index contributed by atoms with van der Waals surface area (Å²) in [5, 5.41) is 8.80. The second-order valence-corrected chi connectivity index (χ2v) is 3.93. The van der Waals surface area contributed by atoms with Gasteiger partial charge in [-0.2, -0.15) is 0 Å². The third kappa shape index (κ3) is 5.15. The number of methoxy groups -OCH3 is 1. The fourth-order valence-electron chi connectivity index (χ4n) is 1.73. The molecule has 0 amide bonds. The number of carbonyl (C=O) groups is 2. The number of carbonyl (C=O) groups excluding carboxylic acids is 1. The number of aliphatic carboxylic acids is 1. The first-order chi connectivity index (χ1) is 8.11. The summed E-state index contributed by atoms with van der Waals surface area (Å²) in [5.74, 6) is -1.48. The van der Waals surface area contributed by atoms with Gasteiger partial charge in [-0.15, -0.1) is 0 Å². The predicted octanol–water partition coefficient (Wildman–Crippen LogP) is 1.88. The minimum atomic E-state index is -0.894. The van der Waals surface area contributed by atoms with Gasteiger partial charge in [-0.25, -0.2) is 0 Å². The Kier molecular flexibility index (Phi) is 5.20. The number of rotatable bonds is 6. The van der Waals surface area contributed by atoms with Gasteiger partial charge in [-0.3, -0.25) is 9.59 Å². The summed E-state index contributed by atoms with van der Waals surface area (Å²) in [6.07, 6.45) is 0.684. The third-order valence-corrected chi connectivity index (χ3v) is 2.51. The molecule has 0 aliphatic rings. The lowest BCUT2D eigenvalue weighted by atomic mass is 9.93. The predicted molar refractivity (Wildman–Crippen MR) is 62.5 cm³/mol. The zero-order valence-corrected chi connectivity index (χ0v) is 9.76. The Labute approximate surface area is 100 Å². The lowest BCUT2D eigenvalue weighted by Gasteiger charge is -2.13. The number of hydrogen-bond donors (Lipinski definition) is 1. The minimum Gasteiger partial charge on any atom is -0.481 e. The maximum atomic E-state index is 11.2. The average Bonchev–Trinajstić information content (AvgIpc) is 2.29. The first-order valence-electron chi connectivity index (χ1n) is 5.44. The Morgan fingerprint density at radius 1 is 1.24 bits per heavy atom. The highest BCUT2D eigenvalue weighted by atomic mass is 16.5. The molecular formula is C13H16O4. The monoisotopic (exact) mass is 236 g/mol. The topological polar surface area (TPSA) is 63.6 Å². The van der Waals surface area contributed by atoms with Crippen molar-refractivity contribution in [2.45, 2.75) is 19.3 Å². The average molecular weight is 236 g/mol. The van der Waals surface area contributed by atoms with Gasteiger partial charge in [0, 0.05) is 12.8 Å². The lowest BCUT2D eigenvalue weighted by molar-refractivity contribution is -0.143. The van der Waals surface area contributed by atoms with Gasteiger partial charge in [-0.1, -0.05) is 30.3 Å². The van der Waals surface area contributed by atoms with Crippen LogP contribution in [0, 0.1) is 5.92 Å². The van der Waals surface area contributed by atoms with Crippen molar-refractivity contribution in [2.24, 2.45) is 5.92 Å². The zero-order valence-electron chi connectivity index (χ0n) is 9.76. The number of ether oxygens (including phenoxy) is 1. The fourth-order valence-corrected chi connectivity index (χ4v) is 1.73. The Bertz CT molecular complexity index is 372. The van der Waals surface area contributed by atoms with Crippen molar-refractivity contribution >= 4 is 11.9 Å². The molecular weight excluding hydrogens is 220 g/mol. The summed E-state index contributed by atoms with van der Waals surface area (Å²) in [7, 11) is 1.31. The van der Waals surface area contributed by atoms with Crippen molar-refractivity contribution in [3.05, 3.63) is 35.9 Å². The molecule has 0 fully saturated rings. The van der Waals surface area contributed by atoms with E-state index in [1.165, 1.54) is 7.11 Å². The summed E-state index contributed by atoms with van der Waals surface area (Å²) in [4.78, 5) is 21.9. The maximum Gasteiger partial charge on any atom is 0.305 e. The smallest absolute Gasteiger partial charge is 0.305 e. The molecule has 1 N–H and O–H groups in total. The zero-order chi connectivity index (χ0) is 12.7. The van der Waals surface area contributed by atoms with Crippen LogP contribution in [0.3, 0.4) is 0 Å². The molecule has 4 heteroatoms.